The van der Waals surface area contributed by atoms with Gasteiger partial charge in [0.1, 0.15) is 5.82 Å². The lowest BCUT2D eigenvalue weighted by Crippen LogP contribution is -2.37. The van der Waals surface area contributed by atoms with Gasteiger partial charge >= 0.3 is 0 Å². The van der Waals surface area contributed by atoms with Crippen molar-refractivity contribution in [2.45, 2.75) is 18.6 Å². The zero-order valence-corrected chi connectivity index (χ0v) is 10.9. The maximum Gasteiger partial charge on any atom is 0.123 e. The highest BCUT2D eigenvalue weighted by Crippen LogP contribution is 2.45. The van der Waals surface area contributed by atoms with Gasteiger partial charge in [-0.15, -0.1) is 0 Å². The van der Waals surface area contributed by atoms with E-state index in [1.807, 2.05) is 4.57 Å². The standard InChI is InChI=1S/C15H15FN2O2/c16-9-1-2-10-11(5-9)15(18-8-17-6-13(10)18)12-7-20-4-3-14(12)19/h1-2,5-6,8,12,14-15,19H,3-4,7H2/t12-,14-,15+/m0/s1. The maximum atomic E-state index is 13.6. The summed E-state index contributed by atoms with van der Waals surface area (Å²) in [5, 5.41) is 10.3. The summed E-state index contributed by atoms with van der Waals surface area (Å²) >= 11 is 0. The average Bonchev–Trinajstić information content (AvgIpc) is 3.00. The minimum absolute atomic E-state index is 0.0697. The second-order valence-electron chi connectivity index (χ2n) is 5.46. The molecule has 2 aromatic rings. The van der Waals surface area contributed by atoms with Gasteiger partial charge in [-0.25, -0.2) is 9.37 Å². The molecule has 3 heterocycles. The van der Waals surface area contributed by atoms with Crippen molar-refractivity contribution in [3.8, 4) is 11.3 Å². The summed E-state index contributed by atoms with van der Waals surface area (Å²) in [5.74, 6) is -0.321. The molecule has 5 heteroatoms. The lowest BCUT2D eigenvalue weighted by atomic mass is 9.86. The second kappa shape index (κ2) is 4.40. The van der Waals surface area contributed by atoms with Crippen LogP contribution < -0.4 is 0 Å². The molecule has 0 unspecified atom stereocenters. The van der Waals surface area contributed by atoms with Gasteiger partial charge in [-0.05, 0) is 30.2 Å². The molecule has 1 aromatic heterocycles. The lowest BCUT2D eigenvalue weighted by molar-refractivity contribution is -0.0481. The number of aromatic nitrogens is 2. The number of aliphatic hydroxyl groups excluding tert-OH is 1. The van der Waals surface area contributed by atoms with Gasteiger partial charge in [0.05, 0.1) is 37.0 Å². The van der Waals surface area contributed by atoms with Crippen LogP contribution in [0.4, 0.5) is 4.39 Å². The Labute approximate surface area is 115 Å². The average molecular weight is 274 g/mol. The summed E-state index contributed by atoms with van der Waals surface area (Å²) < 4.78 is 21.1. The van der Waals surface area contributed by atoms with Gasteiger partial charge in [-0.2, -0.15) is 0 Å². The highest BCUT2D eigenvalue weighted by Gasteiger charge is 2.39. The van der Waals surface area contributed by atoms with Crippen LogP contribution in [-0.2, 0) is 4.74 Å². The monoisotopic (exact) mass is 274 g/mol. The molecular formula is C15H15FN2O2. The molecule has 1 saturated heterocycles. The number of benzene rings is 1. The molecule has 0 aliphatic carbocycles. The third kappa shape index (κ3) is 1.63. The molecule has 0 radical (unpaired) electrons. The maximum absolute atomic E-state index is 13.6. The quantitative estimate of drug-likeness (QED) is 0.865. The SMILES string of the molecule is O[C@H]1CCOC[C@@H]1[C@H]1c2cc(F)ccc2-c2cncn21. The molecule has 0 spiro atoms. The van der Waals surface area contributed by atoms with E-state index in [2.05, 4.69) is 4.98 Å². The number of hydrogen-bond donors (Lipinski definition) is 1. The van der Waals surface area contributed by atoms with E-state index in [0.29, 0.717) is 19.6 Å². The smallest absolute Gasteiger partial charge is 0.123 e. The first-order chi connectivity index (χ1) is 9.75. The Bertz CT molecular complexity index is 655. The summed E-state index contributed by atoms with van der Waals surface area (Å²) in [6.45, 7) is 1.07. The summed E-state index contributed by atoms with van der Waals surface area (Å²) in [7, 11) is 0. The predicted octanol–water partition coefficient (Wildman–Crippen LogP) is 1.99. The van der Waals surface area contributed by atoms with E-state index in [0.717, 1.165) is 16.8 Å². The fourth-order valence-corrected chi connectivity index (χ4v) is 3.38. The van der Waals surface area contributed by atoms with E-state index < -0.39 is 6.10 Å². The highest BCUT2D eigenvalue weighted by atomic mass is 19.1. The number of imidazole rings is 1. The van der Waals surface area contributed by atoms with Crippen LogP contribution in [-0.4, -0.2) is 34.0 Å². The lowest BCUT2D eigenvalue weighted by Gasteiger charge is -2.33. The summed E-state index contributed by atoms with van der Waals surface area (Å²) in [5.41, 5.74) is 2.88. The molecule has 104 valence electrons. The molecule has 1 aromatic carbocycles. The van der Waals surface area contributed by atoms with Gasteiger partial charge in [-0.1, -0.05) is 0 Å². The number of halogens is 1. The van der Waals surface area contributed by atoms with Crippen LogP contribution in [0.2, 0.25) is 0 Å². The van der Waals surface area contributed by atoms with E-state index in [-0.39, 0.29) is 17.8 Å². The normalized spacial score (nSPS) is 28.2. The first kappa shape index (κ1) is 12.1. The molecule has 3 atom stereocenters. The van der Waals surface area contributed by atoms with Crippen molar-refractivity contribution in [2.75, 3.05) is 13.2 Å². The Morgan fingerprint density at radius 2 is 2.30 bits per heavy atom. The van der Waals surface area contributed by atoms with Crippen LogP contribution in [0.5, 0.6) is 0 Å². The van der Waals surface area contributed by atoms with Crippen molar-refractivity contribution in [1.29, 1.82) is 0 Å². The zero-order chi connectivity index (χ0) is 13.7. The van der Waals surface area contributed by atoms with Crippen LogP contribution in [0.15, 0.2) is 30.7 Å². The molecule has 1 N–H and O–H groups in total. The van der Waals surface area contributed by atoms with Crippen LogP contribution in [0, 0.1) is 11.7 Å². The summed E-state index contributed by atoms with van der Waals surface area (Å²) in [4.78, 5) is 4.18. The van der Waals surface area contributed by atoms with Crippen molar-refractivity contribution in [2.24, 2.45) is 5.92 Å². The van der Waals surface area contributed by atoms with Crippen LogP contribution in [0.25, 0.3) is 11.3 Å². The van der Waals surface area contributed by atoms with E-state index in [4.69, 9.17) is 4.74 Å². The minimum Gasteiger partial charge on any atom is -0.393 e. The third-order valence-corrected chi connectivity index (χ3v) is 4.34. The Morgan fingerprint density at radius 1 is 1.40 bits per heavy atom. The van der Waals surface area contributed by atoms with E-state index in [1.165, 1.54) is 6.07 Å². The largest absolute Gasteiger partial charge is 0.393 e. The molecule has 4 nitrogen and oxygen atoms in total. The Balaban J connectivity index is 1.85. The number of aliphatic hydroxyl groups is 1. The molecule has 0 amide bonds. The minimum atomic E-state index is -0.432. The zero-order valence-electron chi connectivity index (χ0n) is 10.9. The fourth-order valence-electron chi connectivity index (χ4n) is 3.38. The summed E-state index contributed by atoms with van der Waals surface area (Å²) in [6, 6.07) is 4.71. The third-order valence-electron chi connectivity index (χ3n) is 4.34. The van der Waals surface area contributed by atoms with Gasteiger partial charge in [0, 0.05) is 18.1 Å². The molecule has 0 saturated carbocycles. The molecule has 0 bridgehead atoms. The van der Waals surface area contributed by atoms with Gasteiger partial charge in [-0.3, -0.25) is 0 Å². The van der Waals surface area contributed by atoms with E-state index in [1.54, 1.807) is 24.7 Å². The van der Waals surface area contributed by atoms with Gasteiger partial charge in [0.15, 0.2) is 0 Å². The first-order valence-electron chi connectivity index (χ1n) is 6.83. The number of nitrogens with zero attached hydrogens (tertiary/aromatic N) is 2. The Kier molecular flexibility index (Phi) is 2.65. The van der Waals surface area contributed by atoms with Crippen LogP contribution in [0.3, 0.4) is 0 Å². The highest BCUT2D eigenvalue weighted by molar-refractivity contribution is 5.69. The molecule has 2 aliphatic rings. The molecule has 4 rings (SSSR count). The van der Waals surface area contributed by atoms with E-state index in [9.17, 15) is 9.50 Å². The van der Waals surface area contributed by atoms with Crippen molar-refractivity contribution in [1.82, 2.24) is 9.55 Å². The van der Waals surface area contributed by atoms with Gasteiger partial charge < -0.3 is 14.4 Å². The number of fused-ring (bicyclic) bond motifs is 3. The van der Waals surface area contributed by atoms with E-state index >= 15 is 0 Å². The first-order valence-corrected chi connectivity index (χ1v) is 6.83. The predicted molar refractivity (Wildman–Crippen MR) is 70.7 cm³/mol. The summed E-state index contributed by atoms with van der Waals surface area (Å²) in [6.07, 6.45) is 3.72. The van der Waals surface area contributed by atoms with Crippen molar-refractivity contribution < 1.29 is 14.2 Å². The van der Waals surface area contributed by atoms with Crippen molar-refractivity contribution in [3.05, 3.63) is 42.1 Å². The Hall–Kier alpha value is -1.72. The van der Waals surface area contributed by atoms with Gasteiger partial charge in [0.25, 0.3) is 0 Å². The molecule has 20 heavy (non-hydrogen) atoms. The molecule has 2 aliphatic heterocycles. The molecule has 1 fully saturated rings. The van der Waals surface area contributed by atoms with Crippen molar-refractivity contribution in [3.63, 3.8) is 0 Å². The number of rotatable bonds is 1. The number of hydrogen-bond acceptors (Lipinski definition) is 3. The Morgan fingerprint density at radius 3 is 3.15 bits per heavy atom. The van der Waals surface area contributed by atoms with Crippen molar-refractivity contribution >= 4 is 0 Å². The van der Waals surface area contributed by atoms with Crippen LogP contribution >= 0.6 is 0 Å². The number of ether oxygens (including phenoxy) is 1. The molecular weight excluding hydrogens is 259 g/mol. The second-order valence-corrected chi connectivity index (χ2v) is 5.46. The topological polar surface area (TPSA) is 47.3 Å². The van der Waals surface area contributed by atoms with Crippen LogP contribution in [0.1, 0.15) is 18.0 Å². The fraction of sp³-hybridized carbons (Fsp3) is 0.400. The van der Waals surface area contributed by atoms with Gasteiger partial charge in [0.2, 0.25) is 0 Å².